The number of hydrogen-bond donors (Lipinski definition) is 4. The number of methoxy groups -OCH3 is 1. The van der Waals surface area contributed by atoms with Gasteiger partial charge in [0, 0.05) is 12.7 Å². The number of rotatable bonds is 10. The van der Waals surface area contributed by atoms with Gasteiger partial charge in [-0.3, -0.25) is 14.1 Å². The molecule has 39 heavy (non-hydrogen) atoms. The maximum absolute atomic E-state index is 13.3. The van der Waals surface area contributed by atoms with Crippen molar-refractivity contribution >= 4 is 48.9 Å². The van der Waals surface area contributed by atoms with E-state index in [1.807, 2.05) is 30.3 Å². The first-order valence-corrected chi connectivity index (χ1v) is 14.8. The Hall–Kier alpha value is -3.84. The summed E-state index contributed by atoms with van der Waals surface area (Å²) in [7, 11) is -3.49. The van der Waals surface area contributed by atoms with Crippen molar-refractivity contribution in [2.45, 2.75) is 44.6 Å². The van der Waals surface area contributed by atoms with Gasteiger partial charge in [-0.15, -0.1) is 0 Å². The average molecular weight is 576 g/mol. The lowest BCUT2D eigenvalue weighted by molar-refractivity contribution is -0.112. The van der Waals surface area contributed by atoms with Gasteiger partial charge in [0.25, 0.3) is 10.0 Å². The lowest BCUT2D eigenvalue weighted by Gasteiger charge is -2.24. The van der Waals surface area contributed by atoms with E-state index >= 15 is 0 Å². The van der Waals surface area contributed by atoms with E-state index in [1.165, 1.54) is 7.11 Å². The van der Waals surface area contributed by atoms with Crippen LogP contribution >= 0.6 is 10.7 Å². The number of para-hydroxylation sites is 1. The number of nitrogens with two attached hydrogens (primary N) is 1. The molecule has 3 rings (SSSR count). The second kappa shape index (κ2) is 12.8. The smallest absolute Gasteiger partial charge is 0.405 e. The highest BCUT2D eigenvalue weighted by molar-refractivity contribution is 8.29. The number of nitrogens with zero attached hydrogens (tertiary/aromatic N) is 2. The van der Waals surface area contributed by atoms with E-state index in [-0.39, 0.29) is 35.4 Å². The highest BCUT2D eigenvalue weighted by Gasteiger charge is 2.28. The number of nitrogens with one attached hydrogen (secondary N) is 2. The number of aliphatic imine (C=N–C) groups is 1. The largest absolute Gasteiger partial charge is 0.496 e. The summed E-state index contributed by atoms with van der Waals surface area (Å²) in [4.78, 5) is 28.9. The summed E-state index contributed by atoms with van der Waals surface area (Å²) in [6.45, 7) is 5.21. The van der Waals surface area contributed by atoms with E-state index in [2.05, 4.69) is 15.0 Å². The molecule has 5 N–H and O–H groups in total. The molecule has 0 aliphatic carbocycles. The van der Waals surface area contributed by atoms with Crippen molar-refractivity contribution in [3.63, 3.8) is 0 Å². The van der Waals surface area contributed by atoms with Crippen LogP contribution in [-0.2, 0) is 14.8 Å². The molecule has 2 aromatic rings. The average Bonchev–Trinajstić information content (AvgIpc) is 3.37. The standard InChI is InChI=1S/C26H33N5O6S2/c1-17-16-22(37-4)18(2)19(3)23(17)39(35,36)30-25(27)28-13-8-12-21(29-26(33)34)24(32)38-15-9-14-31(38)20-10-6-5-7-11-20/h5-7,9-11,14-16,21,29H,8,12-13H2,1-4H3,(H,33,34)(H3,27,28,30)/t21-,38?/m0/s1. The quantitative estimate of drug-likeness (QED) is 0.145. The van der Waals surface area contributed by atoms with Crippen molar-refractivity contribution in [2.75, 3.05) is 18.0 Å². The van der Waals surface area contributed by atoms with Crippen LogP contribution in [0.2, 0.25) is 0 Å². The highest BCUT2D eigenvalue weighted by Crippen LogP contribution is 2.33. The molecule has 0 radical (unpaired) electrons. The molecule has 1 unspecified atom stereocenters. The van der Waals surface area contributed by atoms with Gasteiger partial charge in [-0.2, -0.15) is 0 Å². The number of carboxylic acid groups (broad SMARTS) is 1. The molecule has 1 aliphatic rings. The van der Waals surface area contributed by atoms with Gasteiger partial charge in [-0.25, -0.2) is 17.9 Å². The normalized spacial score (nSPS) is 15.9. The SMILES string of the molecule is COc1cc(C)c(S(=O)(=O)NC(N)=NCCC[C@H](NC(=O)O)C(=O)S2=CC=CN2c2ccccc2)c(C)c1C. The van der Waals surface area contributed by atoms with E-state index in [1.54, 1.807) is 48.8 Å². The Kier molecular flexibility index (Phi) is 9.76. The molecule has 0 bridgehead atoms. The first kappa shape index (κ1) is 29.7. The number of hydrogen-bond acceptors (Lipinski definition) is 7. The van der Waals surface area contributed by atoms with Gasteiger partial charge in [-0.1, -0.05) is 18.2 Å². The Bertz CT molecular complexity index is 1440. The number of guanidine groups is 1. The first-order valence-electron chi connectivity index (χ1n) is 12.1. The fourth-order valence-electron chi connectivity index (χ4n) is 4.16. The van der Waals surface area contributed by atoms with Crippen LogP contribution in [0.3, 0.4) is 0 Å². The molecule has 0 spiro atoms. The zero-order valence-corrected chi connectivity index (χ0v) is 23.8. The van der Waals surface area contributed by atoms with E-state index in [0.29, 0.717) is 22.4 Å². The van der Waals surface area contributed by atoms with Gasteiger partial charge < -0.3 is 20.9 Å². The summed E-state index contributed by atoms with van der Waals surface area (Å²) in [6.07, 6.45) is 2.67. The molecular formula is C26H33N5O6S2. The Labute approximate surface area is 230 Å². The summed E-state index contributed by atoms with van der Waals surface area (Å²) in [5, 5.41) is 13.1. The fourth-order valence-corrected chi connectivity index (χ4v) is 7.34. The number of carbonyl (C=O) groups excluding carboxylic acids is 1. The van der Waals surface area contributed by atoms with Crippen LogP contribution in [0.25, 0.3) is 0 Å². The molecule has 0 fully saturated rings. The van der Waals surface area contributed by atoms with Crippen LogP contribution < -0.4 is 24.8 Å². The number of sulfonamides is 1. The van der Waals surface area contributed by atoms with Crippen LogP contribution in [0, 0.1) is 20.8 Å². The molecule has 0 saturated heterocycles. The predicted molar refractivity (Wildman–Crippen MR) is 155 cm³/mol. The molecule has 1 heterocycles. The third-order valence-corrected chi connectivity index (χ3v) is 9.59. The second-order valence-electron chi connectivity index (χ2n) is 8.76. The Morgan fingerprint density at radius 3 is 2.51 bits per heavy atom. The van der Waals surface area contributed by atoms with E-state index in [4.69, 9.17) is 10.5 Å². The van der Waals surface area contributed by atoms with Gasteiger partial charge in [0.15, 0.2) is 0 Å². The van der Waals surface area contributed by atoms with Gasteiger partial charge in [0.2, 0.25) is 11.1 Å². The number of amides is 1. The van der Waals surface area contributed by atoms with Crippen LogP contribution in [-0.4, -0.2) is 55.8 Å². The number of aryl methyl sites for hydroxylation is 1. The summed E-state index contributed by atoms with van der Waals surface area (Å²) >= 11 is 0. The summed E-state index contributed by atoms with van der Waals surface area (Å²) in [5.41, 5.74) is 8.42. The van der Waals surface area contributed by atoms with Crippen molar-refractivity contribution in [1.29, 1.82) is 0 Å². The Morgan fingerprint density at radius 2 is 1.87 bits per heavy atom. The molecule has 210 valence electrons. The lowest BCUT2D eigenvalue weighted by Crippen LogP contribution is -2.40. The van der Waals surface area contributed by atoms with Crippen molar-refractivity contribution in [1.82, 2.24) is 10.0 Å². The van der Waals surface area contributed by atoms with Crippen molar-refractivity contribution in [3.8, 4) is 5.75 Å². The molecule has 1 amide bonds. The topological polar surface area (TPSA) is 163 Å². The fraction of sp³-hybridized carbons (Fsp3) is 0.308. The lowest BCUT2D eigenvalue weighted by atomic mass is 10.1. The maximum Gasteiger partial charge on any atom is 0.405 e. The van der Waals surface area contributed by atoms with Crippen LogP contribution in [0.15, 0.2) is 58.6 Å². The molecule has 2 atom stereocenters. The third kappa shape index (κ3) is 7.18. The molecule has 0 aromatic heterocycles. The van der Waals surface area contributed by atoms with E-state index in [0.717, 1.165) is 5.69 Å². The summed E-state index contributed by atoms with van der Waals surface area (Å²) < 4.78 is 35.5. The minimum absolute atomic E-state index is 0.0805. The zero-order valence-electron chi connectivity index (χ0n) is 22.2. The Morgan fingerprint density at radius 1 is 1.18 bits per heavy atom. The first-order chi connectivity index (χ1) is 18.5. The molecule has 2 aromatic carbocycles. The Balaban J connectivity index is 1.66. The van der Waals surface area contributed by atoms with E-state index in [9.17, 15) is 23.1 Å². The van der Waals surface area contributed by atoms with Crippen molar-refractivity contribution < 1.29 is 27.9 Å². The third-order valence-electron chi connectivity index (χ3n) is 6.08. The number of ether oxygens (including phenoxy) is 1. The van der Waals surface area contributed by atoms with Crippen LogP contribution in [0.1, 0.15) is 29.5 Å². The molecule has 11 nitrogen and oxygen atoms in total. The summed E-state index contributed by atoms with van der Waals surface area (Å²) in [5.74, 6) is 0.282. The molecule has 13 heteroatoms. The minimum Gasteiger partial charge on any atom is -0.496 e. The maximum atomic E-state index is 13.3. The number of allylic oxidation sites excluding steroid dienone is 1. The molecular weight excluding hydrogens is 542 g/mol. The van der Waals surface area contributed by atoms with Gasteiger partial charge in [0.05, 0.1) is 17.7 Å². The van der Waals surface area contributed by atoms with Gasteiger partial charge in [-0.05, 0) is 90.6 Å². The number of anilines is 1. The monoisotopic (exact) mass is 575 g/mol. The van der Waals surface area contributed by atoms with Gasteiger partial charge >= 0.3 is 6.09 Å². The molecule has 0 saturated carbocycles. The highest BCUT2D eigenvalue weighted by atomic mass is 32.2. The predicted octanol–water partition coefficient (Wildman–Crippen LogP) is 3.18. The van der Waals surface area contributed by atoms with Crippen LogP contribution in [0.5, 0.6) is 5.75 Å². The van der Waals surface area contributed by atoms with Crippen LogP contribution in [0.4, 0.5) is 10.5 Å². The van der Waals surface area contributed by atoms with Gasteiger partial charge in [0.1, 0.15) is 11.8 Å². The number of benzene rings is 2. The zero-order chi connectivity index (χ0) is 28.7. The number of carbonyl (C=O) groups is 2. The molecule has 1 aliphatic heterocycles. The van der Waals surface area contributed by atoms with E-state index < -0.39 is 32.8 Å². The van der Waals surface area contributed by atoms with Crippen molar-refractivity contribution in [2.24, 2.45) is 10.7 Å². The minimum atomic E-state index is -4.02. The second-order valence-corrected chi connectivity index (χ2v) is 12.1. The van der Waals surface area contributed by atoms with Crippen molar-refractivity contribution in [3.05, 3.63) is 65.4 Å². The summed E-state index contributed by atoms with van der Waals surface area (Å²) in [6, 6.07) is 9.98.